The van der Waals surface area contributed by atoms with Crippen LogP contribution in [0, 0.1) is 0 Å². The minimum atomic E-state index is -4.14. The lowest BCUT2D eigenvalue weighted by Crippen LogP contribution is -2.13. The zero-order valence-electron chi connectivity index (χ0n) is 7.77. The van der Waals surface area contributed by atoms with Gasteiger partial charge >= 0.3 is 6.18 Å². The van der Waals surface area contributed by atoms with Crippen LogP contribution in [0.3, 0.4) is 0 Å². The molecule has 0 spiro atoms. The average Bonchev–Trinajstić information content (AvgIpc) is 2.11. The third kappa shape index (κ3) is 5.04. The molecule has 0 fully saturated rings. The number of alkyl halides is 3. The predicted molar refractivity (Wildman–Crippen MR) is 48.6 cm³/mol. The summed E-state index contributed by atoms with van der Waals surface area (Å²) >= 11 is 0. The van der Waals surface area contributed by atoms with E-state index in [9.17, 15) is 18.0 Å². The third-order valence-electron chi connectivity index (χ3n) is 1.62. The van der Waals surface area contributed by atoms with Crippen molar-refractivity contribution in [2.75, 3.05) is 11.9 Å². The van der Waals surface area contributed by atoms with Gasteiger partial charge in [0, 0.05) is 19.0 Å². The van der Waals surface area contributed by atoms with Gasteiger partial charge in [-0.3, -0.25) is 4.79 Å². The lowest BCUT2D eigenvalue weighted by Gasteiger charge is -2.06. The quantitative estimate of drug-likeness (QED) is 0.758. The standard InChI is InChI=1S/C8H10F3N3O/c9-8(10,11)2-1-3-12-6-4-7(15)14-5-13-6/h4-5H,1-3H2,(H2,12,13,14,15). The molecule has 0 radical (unpaired) electrons. The molecule has 0 amide bonds. The fourth-order valence-corrected chi connectivity index (χ4v) is 0.971. The van der Waals surface area contributed by atoms with Crippen LogP contribution in [0.5, 0.6) is 0 Å². The van der Waals surface area contributed by atoms with Crippen molar-refractivity contribution in [2.45, 2.75) is 19.0 Å². The van der Waals surface area contributed by atoms with Crippen LogP contribution in [0.1, 0.15) is 12.8 Å². The summed E-state index contributed by atoms with van der Waals surface area (Å²) in [6, 6.07) is 1.19. The molecular weight excluding hydrogens is 211 g/mol. The maximum absolute atomic E-state index is 11.7. The number of aromatic nitrogens is 2. The first-order chi connectivity index (χ1) is 6.97. The molecule has 1 rings (SSSR count). The maximum atomic E-state index is 11.7. The van der Waals surface area contributed by atoms with Gasteiger partial charge in [-0.25, -0.2) is 4.98 Å². The molecule has 1 aromatic heterocycles. The summed E-state index contributed by atoms with van der Waals surface area (Å²) in [7, 11) is 0. The molecule has 0 atom stereocenters. The van der Waals surface area contributed by atoms with Crippen LogP contribution in [-0.2, 0) is 0 Å². The minimum Gasteiger partial charge on any atom is -0.370 e. The van der Waals surface area contributed by atoms with Crippen LogP contribution in [0.4, 0.5) is 19.0 Å². The number of anilines is 1. The van der Waals surface area contributed by atoms with Crippen molar-refractivity contribution in [3.63, 3.8) is 0 Å². The second kappa shape index (κ2) is 4.81. The first-order valence-corrected chi connectivity index (χ1v) is 4.33. The Morgan fingerprint density at radius 2 is 2.20 bits per heavy atom. The second-order valence-corrected chi connectivity index (χ2v) is 2.94. The van der Waals surface area contributed by atoms with Gasteiger partial charge in [0.25, 0.3) is 5.56 Å². The topological polar surface area (TPSA) is 57.8 Å². The van der Waals surface area contributed by atoms with Gasteiger partial charge in [0.05, 0.1) is 6.33 Å². The lowest BCUT2D eigenvalue weighted by atomic mass is 10.3. The fraction of sp³-hybridized carbons (Fsp3) is 0.500. The number of nitrogens with one attached hydrogen (secondary N) is 2. The minimum absolute atomic E-state index is 0.0437. The summed E-state index contributed by atoms with van der Waals surface area (Å²) in [6.45, 7) is 0.135. The predicted octanol–water partition coefficient (Wildman–Crippen LogP) is 1.52. The van der Waals surface area contributed by atoms with E-state index in [0.29, 0.717) is 0 Å². The Morgan fingerprint density at radius 1 is 1.47 bits per heavy atom. The Morgan fingerprint density at radius 3 is 2.80 bits per heavy atom. The molecule has 84 valence electrons. The number of H-pyrrole nitrogens is 1. The van der Waals surface area contributed by atoms with Crippen molar-refractivity contribution in [3.8, 4) is 0 Å². The highest BCUT2D eigenvalue weighted by Crippen LogP contribution is 2.20. The van der Waals surface area contributed by atoms with E-state index < -0.39 is 12.6 Å². The van der Waals surface area contributed by atoms with Gasteiger partial charge in [0.2, 0.25) is 0 Å². The van der Waals surface area contributed by atoms with E-state index in [1.165, 1.54) is 12.4 Å². The van der Waals surface area contributed by atoms with E-state index in [1.807, 2.05) is 0 Å². The van der Waals surface area contributed by atoms with Gasteiger partial charge < -0.3 is 10.3 Å². The fourth-order valence-electron chi connectivity index (χ4n) is 0.971. The molecule has 1 heterocycles. The Labute approximate surface area is 83.5 Å². The van der Waals surface area contributed by atoms with Crippen LogP contribution in [0.2, 0.25) is 0 Å². The van der Waals surface area contributed by atoms with Crippen LogP contribution >= 0.6 is 0 Å². The second-order valence-electron chi connectivity index (χ2n) is 2.94. The Balaban J connectivity index is 2.29. The van der Waals surface area contributed by atoms with Crippen molar-refractivity contribution in [1.29, 1.82) is 0 Å². The van der Waals surface area contributed by atoms with E-state index >= 15 is 0 Å². The molecule has 1 aromatic rings. The van der Waals surface area contributed by atoms with Crippen LogP contribution in [0.25, 0.3) is 0 Å². The zero-order valence-corrected chi connectivity index (χ0v) is 7.77. The number of halogens is 3. The smallest absolute Gasteiger partial charge is 0.370 e. The summed E-state index contributed by atoms with van der Waals surface area (Å²) in [6.07, 6.45) is -3.83. The maximum Gasteiger partial charge on any atom is 0.389 e. The van der Waals surface area contributed by atoms with E-state index in [-0.39, 0.29) is 24.3 Å². The first-order valence-electron chi connectivity index (χ1n) is 4.33. The van der Waals surface area contributed by atoms with Gasteiger partial charge in [0.15, 0.2) is 0 Å². The molecule has 0 saturated carbocycles. The van der Waals surface area contributed by atoms with E-state index in [1.54, 1.807) is 0 Å². The van der Waals surface area contributed by atoms with Crippen molar-refractivity contribution < 1.29 is 13.2 Å². The van der Waals surface area contributed by atoms with Crippen molar-refractivity contribution in [1.82, 2.24) is 9.97 Å². The highest BCUT2D eigenvalue weighted by atomic mass is 19.4. The molecule has 4 nitrogen and oxygen atoms in total. The summed E-state index contributed by atoms with van der Waals surface area (Å²) in [5.74, 6) is 0.279. The molecule has 0 aliphatic heterocycles. The molecule has 0 saturated heterocycles. The third-order valence-corrected chi connectivity index (χ3v) is 1.62. The number of aromatic amines is 1. The van der Waals surface area contributed by atoms with Gasteiger partial charge in [-0.15, -0.1) is 0 Å². The number of nitrogens with zero attached hydrogens (tertiary/aromatic N) is 1. The van der Waals surface area contributed by atoms with E-state index in [0.717, 1.165) is 0 Å². The Kier molecular flexibility index (Phi) is 3.70. The molecule has 0 aliphatic carbocycles. The molecule has 0 aromatic carbocycles. The monoisotopic (exact) mass is 221 g/mol. The van der Waals surface area contributed by atoms with Crippen molar-refractivity contribution >= 4 is 5.82 Å². The first kappa shape index (κ1) is 11.5. The largest absolute Gasteiger partial charge is 0.389 e. The molecule has 15 heavy (non-hydrogen) atoms. The van der Waals surface area contributed by atoms with Gasteiger partial charge in [-0.1, -0.05) is 0 Å². The highest BCUT2D eigenvalue weighted by molar-refractivity contribution is 5.31. The zero-order chi connectivity index (χ0) is 11.3. The van der Waals surface area contributed by atoms with Crippen molar-refractivity contribution in [2.24, 2.45) is 0 Å². The summed E-state index contributed by atoms with van der Waals surface area (Å²) in [5.41, 5.74) is -0.344. The molecule has 2 N–H and O–H groups in total. The molecular formula is C8H10F3N3O. The van der Waals surface area contributed by atoms with Gasteiger partial charge in [-0.05, 0) is 6.42 Å². The normalized spacial score (nSPS) is 11.4. The van der Waals surface area contributed by atoms with Crippen LogP contribution < -0.4 is 10.9 Å². The van der Waals surface area contributed by atoms with Crippen LogP contribution in [-0.4, -0.2) is 22.7 Å². The molecule has 0 unspecified atom stereocenters. The molecule has 0 aliphatic rings. The summed E-state index contributed by atoms with van der Waals surface area (Å²) in [5, 5.41) is 2.63. The van der Waals surface area contributed by atoms with E-state index in [4.69, 9.17) is 0 Å². The molecule has 7 heteroatoms. The molecule has 0 bridgehead atoms. The lowest BCUT2D eigenvalue weighted by molar-refractivity contribution is -0.134. The van der Waals surface area contributed by atoms with Gasteiger partial charge in [0.1, 0.15) is 5.82 Å². The number of rotatable bonds is 4. The summed E-state index contributed by atoms with van der Waals surface area (Å²) < 4.78 is 35.2. The number of hydrogen-bond donors (Lipinski definition) is 2. The Bertz CT molecular complexity index is 361. The van der Waals surface area contributed by atoms with Crippen molar-refractivity contribution in [3.05, 3.63) is 22.7 Å². The number of hydrogen-bond acceptors (Lipinski definition) is 3. The highest BCUT2D eigenvalue weighted by Gasteiger charge is 2.25. The van der Waals surface area contributed by atoms with E-state index in [2.05, 4.69) is 15.3 Å². The Hall–Kier alpha value is -1.53. The van der Waals surface area contributed by atoms with Gasteiger partial charge in [-0.2, -0.15) is 13.2 Å². The SMILES string of the molecule is O=c1cc(NCCCC(F)(F)F)nc[nH]1. The van der Waals surface area contributed by atoms with Crippen LogP contribution in [0.15, 0.2) is 17.2 Å². The average molecular weight is 221 g/mol. The summed E-state index contributed by atoms with van der Waals surface area (Å²) in [4.78, 5) is 16.8.